The van der Waals surface area contributed by atoms with Crippen LogP contribution in [-0.4, -0.2) is 16.6 Å². The Morgan fingerprint density at radius 3 is 3.00 bits per heavy atom. The van der Waals surface area contributed by atoms with E-state index >= 15 is 0 Å². The minimum absolute atomic E-state index is 0.245. The summed E-state index contributed by atoms with van der Waals surface area (Å²) < 4.78 is 5.28. The second-order valence-electron chi connectivity index (χ2n) is 4.32. The van der Waals surface area contributed by atoms with Crippen LogP contribution in [0.25, 0.3) is 10.8 Å². The first-order chi connectivity index (χ1) is 9.33. The van der Waals surface area contributed by atoms with E-state index in [1.165, 1.54) is 0 Å². The van der Waals surface area contributed by atoms with Gasteiger partial charge in [-0.25, -0.2) is 4.98 Å². The third-order valence-corrected chi connectivity index (χ3v) is 2.99. The van der Waals surface area contributed by atoms with Crippen LogP contribution in [-0.2, 0) is 6.42 Å². The van der Waals surface area contributed by atoms with E-state index in [0.717, 1.165) is 35.3 Å². The molecule has 0 amide bonds. The number of furan rings is 1. The third kappa shape index (κ3) is 2.52. The van der Waals surface area contributed by atoms with Gasteiger partial charge in [-0.3, -0.25) is 0 Å². The summed E-state index contributed by atoms with van der Waals surface area (Å²) in [5, 5.41) is 14.8. The summed E-state index contributed by atoms with van der Waals surface area (Å²) in [6.45, 7) is 0.731. The van der Waals surface area contributed by atoms with Gasteiger partial charge in [0.1, 0.15) is 17.3 Å². The number of phenolic OH excluding ortho intramolecular Hbond substituents is 1. The number of aromatic nitrogens is 1. The standard InChI is InChI=1S/C15H14N2O2/c18-12-4-3-11-5-7-16-15(14(11)10-12)17-8-6-13-2-1-9-19-13/h1-5,7,9-10,18H,6,8H2,(H,16,17). The number of benzene rings is 1. The molecule has 0 radical (unpaired) electrons. The minimum atomic E-state index is 0.245. The van der Waals surface area contributed by atoms with Crippen LogP contribution in [0, 0.1) is 0 Å². The second kappa shape index (κ2) is 5.02. The summed E-state index contributed by atoms with van der Waals surface area (Å²) in [5.41, 5.74) is 0. The summed E-state index contributed by atoms with van der Waals surface area (Å²) in [7, 11) is 0. The van der Waals surface area contributed by atoms with Gasteiger partial charge in [-0.2, -0.15) is 0 Å². The van der Waals surface area contributed by atoms with Crippen molar-refractivity contribution in [1.29, 1.82) is 0 Å². The van der Waals surface area contributed by atoms with Gasteiger partial charge < -0.3 is 14.8 Å². The Bertz CT molecular complexity index is 678. The zero-order valence-electron chi connectivity index (χ0n) is 10.3. The van der Waals surface area contributed by atoms with Gasteiger partial charge in [0, 0.05) is 24.5 Å². The van der Waals surface area contributed by atoms with E-state index < -0.39 is 0 Å². The van der Waals surface area contributed by atoms with Crippen molar-refractivity contribution >= 4 is 16.6 Å². The predicted molar refractivity (Wildman–Crippen MR) is 74.3 cm³/mol. The van der Waals surface area contributed by atoms with Crippen molar-refractivity contribution in [3.8, 4) is 5.75 Å². The molecule has 0 spiro atoms. The highest BCUT2D eigenvalue weighted by Gasteiger charge is 2.03. The topological polar surface area (TPSA) is 58.3 Å². The molecule has 1 aromatic carbocycles. The maximum absolute atomic E-state index is 9.56. The Kier molecular flexibility index (Phi) is 3.06. The molecule has 0 aliphatic carbocycles. The molecule has 3 rings (SSSR count). The second-order valence-corrected chi connectivity index (χ2v) is 4.32. The normalized spacial score (nSPS) is 10.7. The van der Waals surface area contributed by atoms with Gasteiger partial charge in [0.2, 0.25) is 0 Å². The zero-order valence-corrected chi connectivity index (χ0v) is 10.3. The molecular weight excluding hydrogens is 240 g/mol. The lowest BCUT2D eigenvalue weighted by atomic mass is 10.1. The summed E-state index contributed by atoms with van der Waals surface area (Å²) in [5.74, 6) is 1.96. The highest BCUT2D eigenvalue weighted by molar-refractivity contribution is 5.92. The number of nitrogens with one attached hydrogen (secondary N) is 1. The molecule has 3 aromatic rings. The van der Waals surface area contributed by atoms with E-state index in [9.17, 15) is 5.11 Å². The summed E-state index contributed by atoms with van der Waals surface area (Å²) in [4.78, 5) is 4.31. The Morgan fingerprint density at radius 2 is 2.16 bits per heavy atom. The van der Waals surface area contributed by atoms with Gasteiger partial charge in [-0.05, 0) is 35.7 Å². The van der Waals surface area contributed by atoms with Crippen LogP contribution in [0.15, 0.2) is 53.3 Å². The largest absolute Gasteiger partial charge is 0.508 e. The van der Waals surface area contributed by atoms with E-state index in [1.807, 2.05) is 24.3 Å². The molecule has 4 nitrogen and oxygen atoms in total. The maximum atomic E-state index is 9.56. The first kappa shape index (κ1) is 11.6. The van der Waals surface area contributed by atoms with Crippen LogP contribution >= 0.6 is 0 Å². The molecule has 4 heteroatoms. The minimum Gasteiger partial charge on any atom is -0.508 e. The zero-order chi connectivity index (χ0) is 13.1. The van der Waals surface area contributed by atoms with Crippen LogP contribution in [0.2, 0.25) is 0 Å². The fourth-order valence-electron chi connectivity index (χ4n) is 2.06. The number of anilines is 1. The van der Waals surface area contributed by atoms with Crippen molar-refractivity contribution in [2.75, 3.05) is 11.9 Å². The number of rotatable bonds is 4. The number of pyridine rings is 1. The van der Waals surface area contributed by atoms with E-state index in [1.54, 1.807) is 24.6 Å². The molecule has 96 valence electrons. The van der Waals surface area contributed by atoms with Crippen LogP contribution < -0.4 is 5.32 Å². The lowest BCUT2D eigenvalue weighted by Gasteiger charge is -2.08. The van der Waals surface area contributed by atoms with Gasteiger partial charge in [-0.15, -0.1) is 0 Å². The predicted octanol–water partition coefficient (Wildman–Crippen LogP) is 3.19. The van der Waals surface area contributed by atoms with Crippen molar-refractivity contribution < 1.29 is 9.52 Å². The molecule has 0 fully saturated rings. The fourth-order valence-corrected chi connectivity index (χ4v) is 2.06. The molecule has 2 N–H and O–H groups in total. The van der Waals surface area contributed by atoms with E-state index in [0.29, 0.717) is 0 Å². The maximum Gasteiger partial charge on any atom is 0.133 e. The van der Waals surface area contributed by atoms with E-state index in [2.05, 4.69) is 10.3 Å². The number of hydrogen-bond donors (Lipinski definition) is 2. The first-order valence-corrected chi connectivity index (χ1v) is 6.17. The number of fused-ring (bicyclic) bond motifs is 1. The van der Waals surface area contributed by atoms with Gasteiger partial charge in [0.15, 0.2) is 0 Å². The van der Waals surface area contributed by atoms with Gasteiger partial charge in [0.05, 0.1) is 6.26 Å². The average molecular weight is 254 g/mol. The number of nitrogens with zero attached hydrogens (tertiary/aromatic N) is 1. The molecule has 0 bridgehead atoms. The molecule has 0 unspecified atom stereocenters. The average Bonchev–Trinajstić information content (AvgIpc) is 2.92. The Labute approximate surface area is 110 Å². The molecular formula is C15H14N2O2. The highest BCUT2D eigenvalue weighted by Crippen LogP contribution is 2.24. The molecule has 0 atom stereocenters. The molecule has 0 saturated heterocycles. The molecule has 0 saturated carbocycles. The van der Waals surface area contributed by atoms with Crippen molar-refractivity contribution in [2.24, 2.45) is 0 Å². The van der Waals surface area contributed by atoms with Gasteiger partial charge >= 0.3 is 0 Å². The number of hydrogen-bond acceptors (Lipinski definition) is 4. The quantitative estimate of drug-likeness (QED) is 0.750. The van der Waals surface area contributed by atoms with Gasteiger partial charge in [0.25, 0.3) is 0 Å². The summed E-state index contributed by atoms with van der Waals surface area (Å²) in [6, 6.07) is 11.0. The third-order valence-electron chi connectivity index (χ3n) is 2.99. The molecule has 2 heterocycles. The smallest absolute Gasteiger partial charge is 0.133 e. The van der Waals surface area contributed by atoms with Crippen LogP contribution in [0.3, 0.4) is 0 Å². The molecule has 2 aromatic heterocycles. The summed E-state index contributed by atoms with van der Waals surface area (Å²) in [6.07, 6.45) is 4.22. The van der Waals surface area contributed by atoms with E-state index in [4.69, 9.17) is 4.42 Å². The highest BCUT2D eigenvalue weighted by atomic mass is 16.3. The molecule has 0 aliphatic heterocycles. The van der Waals surface area contributed by atoms with Crippen LogP contribution in [0.1, 0.15) is 5.76 Å². The Balaban J connectivity index is 1.78. The molecule has 0 aliphatic rings. The summed E-state index contributed by atoms with van der Waals surface area (Å²) >= 11 is 0. The first-order valence-electron chi connectivity index (χ1n) is 6.17. The van der Waals surface area contributed by atoms with Gasteiger partial charge in [-0.1, -0.05) is 6.07 Å². The van der Waals surface area contributed by atoms with Crippen molar-refractivity contribution in [3.63, 3.8) is 0 Å². The van der Waals surface area contributed by atoms with Crippen molar-refractivity contribution in [3.05, 3.63) is 54.6 Å². The number of phenols is 1. The lowest BCUT2D eigenvalue weighted by Crippen LogP contribution is -2.06. The fraction of sp³-hybridized carbons (Fsp3) is 0.133. The number of aromatic hydroxyl groups is 1. The Hall–Kier alpha value is -2.49. The van der Waals surface area contributed by atoms with E-state index in [-0.39, 0.29) is 5.75 Å². The van der Waals surface area contributed by atoms with Crippen LogP contribution in [0.5, 0.6) is 5.75 Å². The van der Waals surface area contributed by atoms with Crippen LogP contribution in [0.4, 0.5) is 5.82 Å². The lowest BCUT2D eigenvalue weighted by molar-refractivity contribution is 0.476. The van der Waals surface area contributed by atoms with Crippen molar-refractivity contribution in [1.82, 2.24) is 4.98 Å². The molecule has 19 heavy (non-hydrogen) atoms. The monoisotopic (exact) mass is 254 g/mol. The Morgan fingerprint density at radius 1 is 1.21 bits per heavy atom. The van der Waals surface area contributed by atoms with Crippen molar-refractivity contribution in [2.45, 2.75) is 6.42 Å². The SMILES string of the molecule is Oc1ccc2ccnc(NCCc3ccco3)c2c1.